The van der Waals surface area contributed by atoms with Gasteiger partial charge in [0.05, 0.1) is 11.0 Å². The summed E-state index contributed by atoms with van der Waals surface area (Å²) < 4.78 is 8.82. The molecule has 1 aliphatic rings. The first-order chi connectivity index (χ1) is 26.0. The first kappa shape index (κ1) is 29.0. The van der Waals surface area contributed by atoms with Crippen molar-refractivity contribution in [3.63, 3.8) is 0 Å². The molecule has 0 fully saturated rings. The van der Waals surface area contributed by atoms with E-state index in [1.165, 1.54) is 98.3 Å². The molecule has 0 radical (unpaired) electrons. The summed E-state index contributed by atoms with van der Waals surface area (Å²) in [6.07, 6.45) is 0. The summed E-state index contributed by atoms with van der Waals surface area (Å²) in [5.41, 5.74) is 13.1. The number of rotatable bonds is 2. The van der Waals surface area contributed by atoms with E-state index in [2.05, 4.69) is 182 Å². The van der Waals surface area contributed by atoms with E-state index in [1.807, 2.05) is 0 Å². The highest BCUT2D eigenvalue weighted by atomic mass is 16.3. The Kier molecular flexibility index (Phi) is 5.60. The van der Waals surface area contributed by atoms with E-state index in [9.17, 15) is 0 Å². The van der Waals surface area contributed by atoms with E-state index in [0.29, 0.717) is 0 Å². The Balaban J connectivity index is 1.03. The SMILES string of the molecule is CC1(C)c2cc3c(cc2-c2ccc4oc5ccccc5c4c21)c1ccccc1n3-c1ccc(-c2ccc3c4ccccc4c4ccccc4c3c2)cc1. The minimum atomic E-state index is -0.207. The third-order valence-electron chi connectivity index (χ3n) is 12.1. The predicted molar refractivity (Wildman–Crippen MR) is 224 cm³/mol. The first-order valence-electron chi connectivity index (χ1n) is 18.5. The molecule has 0 aliphatic heterocycles. The summed E-state index contributed by atoms with van der Waals surface area (Å²) in [4.78, 5) is 0. The molecule has 2 aromatic heterocycles. The standard InChI is InChI=1S/C51H33NO/c1-51(2)44-29-46-43(28-42(44)39-25-26-48-49(50(39)51)40-16-8-10-18-47(40)53-48)38-15-7-9-17-45(38)52(46)32-22-19-30(20-23-32)31-21-24-37-35-13-4-3-11-33(35)34-12-5-6-14-36(34)41(37)27-31/h3-29H,1-2H3. The highest BCUT2D eigenvalue weighted by Gasteiger charge is 2.39. The number of hydrogen-bond donors (Lipinski definition) is 0. The molecular formula is C51H33NO. The van der Waals surface area contributed by atoms with Crippen molar-refractivity contribution >= 4 is 76.1 Å². The smallest absolute Gasteiger partial charge is 0.135 e. The van der Waals surface area contributed by atoms with Gasteiger partial charge in [-0.1, -0.05) is 129 Å². The van der Waals surface area contributed by atoms with Gasteiger partial charge in [0, 0.05) is 32.6 Å². The van der Waals surface area contributed by atoms with Crippen molar-refractivity contribution in [1.29, 1.82) is 0 Å². The van der Waals surface area contributed by atoms with Gasteiger partial charge < -0.3 is 8.98 Å². The van der Waals surface area contributed by atoms with Crippen LogP contribution in [0.3, 0.4) is 0 Å². The van der Waals surface area contributed by atoms with Crippen molar-refractivity contribution in [2.75, 3.05) is 0 Å². The maximum atomic E-state index is 6.36. The van der Waals surface area contributed by atoms with Gasteiger partial charge in [-0.2, -0.15) is 0 Å². The topological polar surface area (TPSA) is 18.1 Å². The second-order valence-corrected chi connectivity index (χ2v) is 15.3. The highest BCUT2D eigenvalue weighted by molar-refractivity contribution is 6.25. The maximum absolute atomic E-state index is 6.36. The minimum Gasteiger partial charge on any atom is -0.456 e. The number of para-hydroxylation sites is 2. The van der Waals surface area contributed by atoms with Gasteiger partial charge in [-0.15, -0.1) is 0 Å². The summed E-state index contributed by atoms with van der Waals surface area (Å²) in [7, 11) is 0. The average Bonchev–Trinajstić information content (AvgIpc) is 3.82. The lowest BCUT2D eigenvalue weighted by Crippen LogP contribution is -2.15. The molecule has 2 heteroatoms. The van der Waals surface area contributed by atoms with E-state index >= 15 is 0 Å². The van der Waals surface area contributed by atoms with Crippen LogP contribution in [0.25, 0.3) is 104 Å². The molecule has 0 saturated carbocycles. The van der Waals surface area contributed by atoms with E-state index in [4.69, 9.17) is 4.42 Å². The van der Waals surface area contributed by atoms with Gasteiger partial charge in [0.1, 0.15) is 11.2 Å². The van der Waals surface area contributed by atoms with Crippen LogP contribution >= 0.6 is 0 Å². The third kappa shape index (κ3) is 3.82. The predicted octanol–water partition coefficient (Wildman–Crippen LogP) is 14.1. The molecule has 9 aromatic carbocycles. The van der Waals surface area contributed by atoms with Crippen LogP contribution in [0.1, 0.15) is 25.0 Å². The molecule has 248 valence electrons. The molecule has 0 spiro atoms. The van der Waals surface area contributed by atoms with Crippen LogP contribution in [0, 0.1) is 0 Å². The Labute approximate surface area is 306 Å². The number of nitrogens with zero attached hydrogens (tertiary/aromatic N) is 1. The average molecular weight is 676 g/mol. The van der Waals surface area contributed by atoms with Crippen molar-refractivity contribution in [3.8, 4) is 27.9 Å². The van der Waals surface area contributed by atoms with Gasteiger partial charge in [-0.05, 0) is 114 Å². The molecular weight excluding hydrogens is 643 g/mol. The molecule has 0 amide bonds. The minimum absolute atomic E-state index is 0.207. The van der Waals surface area contributed by atoms with Gasteiger partial charge in [-0.3, -0.25) is 0 Å². The molecule has 0 unspecified atom stereocenters. The van der Waals surface area contributed by atoms with Gasteiger partial charge in [-0.25, -0.2) is 0 Å². The van der Waals surface area contributed by atoms with Crippen LogP contribution in [0.5, 0.6) is 0 Å². The lowest BCUT2D eigenvalue weighted by atomic mass is 9.80. The number of aromatic nitrogens is 1. The summed E-state index contributed by atoms with van der Waals surface area (Å²) in [6, 6.07) is 60.3. The molecule has 2 heterocycles. The molecule has 0 saturated heterocycles. The molecule has 53 heavy (non-hydrogen) atoms. The Hall–Kier alpha value is -6.64. The van der Waals surface area contributed by atoms with Crippen molar-refractivity contribution in [2.45, 2.75) is 19.3 Å². The number of benzene rings is 9. The normalized spacial score (nSPS) is 13.6. The second kappa shape index (κ2) is 10.2. The summed E-state index contributed by atoms with van der Waals surface area (Å²) in [5, 5.41) is 12.8. The third-order valence-corrected chi connectivity index (χ3v) is 12.1. The fraction of sp³-hybridized carbons (Fsp3) is 0.0588. The zero-order valence-corrected chi connectivity index (χ0v) is 29.4. The fourth-order valence-corrected chi connectivity index (χ4v) is 9.75. The molecule has 0 N–H and O–H groups in total. The van der Waals surface area contributed by atoms with Gasteiger partial charge in [0.25, 0.3) is 0 Å². The van der Waals surface area contributed by atoms with Crippen LogP contribution < -0.4 is 0 Å². The van der Waals surface area contributed by atoms with E-state index < -0.39 is 0 Å². The number of furan rings is 1. The molecule has 0 bridgehead atoms. The fourth-order valence-electron chi connectivity index (χ4n) is 9.75. The number of fused-ring (bicyclic) bond motifs is 16. The van der Waals surface area contributed by atoms with Crippen LogP contribution in [-0.4, -0.2) is 4.57 Å². The number of hydrogen-bond acceptors (Lipinski definition) is 1. The van der Waals surface area contributed by atoms with Crippen molar-refractivity contribution in [2.24, 2.45) is 0 Å². The second-order valence-electron chi connectivity index (χ2n) is 15.3. The molecule has 11 aromatic rings. The van der Waals surface area contributed by atoms with Crippen LogP contribution in [0.4, 0.5) is 0 Å². The maximum Gasteiger partial charge on any atom is 0.135 e. The lowest BCUT2D eigenvalue weighted by Gasteiger charge is -2.22. The molecule has 0 atom stereocenters. The van der Waals surface area contributed by atoms with Crippen molar-refractivity contribution < 1.29 is 4.42 Å². The van der Waals surface area contributed by atoms with Crippen molar-refractivity contribution in [1.82, 2.24) is 4.57 Å². The summed E-state index contributed by atoms with van der Waals surface area (Å²) in [6.45, 7) is 4.75. The van der Waals surface area contributed by atoms with Gasteiger partial charge in [0.2, 0.25) is 0 Å². The van der Waals surface area contributed by atoms with Crippen LogP contribution in [-0.2, 0) is 5.41 Å². The van der Waals surface area contributed by atoms with Gasteiger partial charge in [0.15, 0.2) is 0 Å². The highest BCUT2D eigenvalue weighted by Crippen LogP contribution is 2.54. The van der Waals surface area contributed by atoms with Crippen LogP contribution in [0.15, 0.2) is 168 Å². The summed E-state index contributed by atoms with van der Waals surface area (Å²) >= 11 is 0. The monoisotopic (exact) mass is 675 g/mol. The zero-order valence-electron chi connectivity index (χ0n) is 29.4. The Morgan fingerprint density at radius 3 is 1.75 bits per heavy atom. The lowest BCUT2D eigenvalue weighted by molar-refractivity contribution is 0.657. The molecule has 12 rings (SSSR count). The van der Waals surface area contributed by atoms with Gasteiger partial charge >= 0.3 is 0 Å². The Morgan fingerprint density at radius 2 is 1.02 bits per heavy atom. The Morgan fingerprint density at radius 1 is 0.415 bits per heavy atom. The summed E-state index contributed by atoms with van der Waals surface area (Å²) in [5.74, 6) is 0. The van der Waals surface area contributed by atoms with E-state index in [0.717, 1.165) is 16.9 Å². The molecule has 2 nitrogen and oxygen atoms in total. The van der Waals surface area contributed by atoms with Crippen LogP contribution in [0.2, 0.25) is 0 Å². The van der Waals surface area contributed by atoms with E-state index in [1.54, 1.807) is 0 Å². The van der Waals surface area contributed by atoms with Crippen molar-refractivity contribution in [3.05, 3.63) is 175 Å². The van der Waals surface area contributed by atoms with E-state index in [-0.39, 0.29) is 5.41 Å². The molecule has 1 aliphatic carbocycles. The Bertz CT molecular complexity index is 3320. The quantitative estimate of drug-likeness (QED) is 0.167. The first-order valence-corrected chi connectivity index (χ1v) is 18.5. The zero-order chi connectivity index (χ0) is 35.0. The largest absolute Gasteiger partial charge is 0.456 e.